The number of nitrogens with zero attached hydrogens (tertiary/aromatic N) is 2. The summed E-state index contributed by atoms with van der Waals surface area (Å²) in [6.07, 6.45) is 1.65. The molecule has 3 aromatic carbocycles. The molecule has 0 aliphatic carbocycles. The standard InChI is InChI=1S/C32H30N4O3/c1-21-9-6-13-24(17-21)27(19-28(37)38)34-32(39)26-15-8-16-36-30(26)35-29(25-14-7-10-22(2)18-25)31(36)33-20-23-11-4-3-5-12-23/h3-18,27,33H,19-20H2,1-2H3,(H,34,39)(H,37,38). The van der Waals surface area contributed by atoms with Crippen molar-refractivity contribution >= 4 is 23.3 Å². The van der Waals surface area contributed by atoms with Crippen molar-refractivity contribution in [2.24, 2.45) is 0 Å². The molecule has 1 unspecified atom stereocenters. The van der Waals surface area contributed by atoms with Crippen molar-refractivity contribution in [3.8, 4) is 11.3 Å². The van der Waals surface area contributed by atoms with Gasteiger partial charge in [0.2, 0.25) is 0 Å². The lowest BCUT2D eigenvalue weighted by Gasteiger charge is -2.18. The fourth-order valence-corrected chi connectivity index (χ4v) is 4.74. The van der Waals surface area contributed by atoms with Crippen molar-refractivity contribution in [2.75, 3.05) is 5.32 Å². The number of aromatic nitrogens is 2. The third-order valence-corrected chi connectivity index (χ3v) is 6.62. The Balaban J connectivity index is 1.55. The number of amides is 1. The van der Waals surface area contributed by atoms with E-state index < -0.39 is 12.0 Å². The predicted molar refractivity (Wildman–Crippen MR) is 153 cm³/mol. The second-order valence-corrected chi connectivity index (χ2v) is 9.67. The smallest absolute Gasteiger partial charge is 0.305 e. The Hall–Kier alpha value is -4.91. The van der Waals surface area contributed by atoms with E-state index in [0.29, 0.717) is 17.8 Å². The number of carboxylic acid groups (broad SMARTS) is 1. The van der Waals surface area contributed by atoms with Gasteiger partial charge in [0.25, 0.3) is 5.91 Å². The maximum absolute atomic E-state index is 13.6. The summed E-state index contributed by atoms with van der Waals surface area (Å²) in [7, 11) is 0. The van der Waals surface area contributed by atoms with Crippen molar-refractivity contribution in [1.82, 2.24) is 14.7 Å². The topological polar surface area (TPSA) is 95.7 Å². The molecule has 7 nitrogen and oxygen atoms in total. The van der Waals surface area contributed by atoms with Gasteiger partial charge in [-0.2, -0.15) is 0 Å². The molecular formula is C32H30N4O3. The molecule has 5 aromatic rings. The molecule has 5 rings (SSSR count). The molecule has 2 aromatic heterocycles. The van der Waals surface area contributed by atoms with Crippen LogP contribution in [0.4, 0.5) is 5.82 Å². The van der Waals surface area contributed by atoms with Gasteiger partial charge >= 0.3 is 5.97 Å². The highest BCUT2D eigenvalue weighted by Crippen LogP contribution is 2.31. The van der Waals surface area contributed by atoms with Gasteiger partial charge in [-0.05, 0) is 43.2 Å². The summed E-state index contributed by atoms with van der Waals surface area (Å²) in [5.74, 6) is -0.603. The number of carbonyl (C=O) groups excluding carboxylic acids is 1. The minimum absolute atomic E-state index is 0.231. The first kappa shape index (κ1) is 25.7. The van der Waals surface area contributed by atoms with E-state index in [2.05, 4.69) is 28.8 Å². The van der Waals surface area contributed by atoms with E-state index in [1.807, 2.05) is 85.1 Å². The third-order valence-electron chi connectivity index (χ3n) is 6.62. The van der Waals surface area contributed by atoms with Crippen LogP contribution >= 0.6 is 0 Å². The fourth-order valence-electron chi connectivity index (χ4n) is 4.74. The molecule has 1 atom stereocenters. The Morgan fingerprint density at radius 1 is 0.897 bits per heavy atom. The Labute approximate surface area is 227 Å². The number of carbonyl (C=O) groups is 2. The lowest BCUT2D eigenvalue weighted by atomic mass is 10.0. The number of fused-ring (bicyclic) bond motifs is 1. The van der Waals surface area contributed by atoms with Gasteiger partial charge in [-0.1, -0.05) is 83.9 Å². The Morgan fingerprint density at radius 3 is 2.36 bits per heavy atom. The Bertz CT molecular complexity index is 1640. The van der Waals surface area contributed by atoms with Gasteiger partial charge in [0, 0.05) is 18.3 Å². The van der Waals surface area contributed by atoms with E-state index in [4.69, 9.17) is 4.98 Å². The van der Waals surface area contributed by atoms with Crippen LogP contribution in [0.25, 0.3) is 16.9 Å². The monoisotopic (exact) mass is 518 g/mol. The number of aryl methyl sites for hydroxylation is 2. The maximum Gasteiger partial charge on any atom is 0.305 e. The van der Waals surface area contributed by atoms with E-state index in [1.54, 1.807) is 12.1 Å². The summed E-state index contributed by atoms with van der Waals surface area (Å²) >= 11 is 0. The number of imidazole rings is 1. The number of rotatable bonds is 9. The summed E-state index contributed by atoms with van der Waals surface area (Å²) in [5.41, 5.74) is 6.47. The largest absolute Gasteiger partial charge is 0.481 e. The van der Waals surface area contributed by atoms with Gasteiger partial charge in [-0.25, -0.2) is 4.98 Å². The van der Waals surface area contributed by atoms with Crippen LogP contribution < -0.4 is 10.6 Å². The molecule has 0 saturated carbocycles. The lowest BCUT2D eigenvalue weighted by Crippen LogP contribution is -2.30. The Kier molecular flexibility index (Phi) is 7.41. The Morgan fingerprint density at radius 2 is 1.64 bits per heavy atom. The average molecular weight is 519 g/mol. The quantitative estimate of drug-likeness (QED) is 0.217. The molecule has 196 valence electrons. The van der Waals surface area contributed by atoms with Crippen molar-refractivity contribution in [1.29, 1.82) is 0 Å². The fraction of sp³-hybridized carbons (Fsp3) is 0.156. The van der Waals surface area contributed by atoms with Gasteiger partial charge in [-0.15, -0.1) is 0 Å². The number of benzene rings is 3. The van der Waals surface area contributed by atoms with Crippen LogP contribution in [0.3, 0.4) is 0 Å². The van der Waals surface area contributed by atoms with Crippen molar-refractivity contribution < 1.29 is 14.7 Å². The van der Waals surface area contributed by atoms with Crippen molar-refractivity contribution in [3.05, 3.63) is 125 Å². The molecule has 0 radical (unpaired) electrons. The van der Waals surface area contributed by atoms with E-state index in [9.17, 15) is 14.7 Å². The van der Waals surface area contributed by atoms with Crippen molar-refractivity contribution in [3.63, 3.8) is 0 Å². The number of carboxylic acids is 1. The highest BCUT2D eigenvalue weighted by molar-refractivity contribution is 6.01. The molecule has 0 spiro atoms. The highest BCUT2D eigenvalue weighted by Gasteiger charge is 2.23. The summed E-state index contributed by atoms with van der Waals surface area (Å²) in [6, 6.07) is 28.5. The summed E-state index contributed by atoms with van der Waals surface area (Å²) in [6.45, 7) is 4.55. The molecule has 1 amide bonds. The van der Waals surface area contributed by atoms with Gasteiger partial charge in [0.05, 0.1) is 18.0 Å². The molecule has 39 heavy (non-hydrogen) atoms. The van der Waals surface area contributed by atoms with E-state index >= 15 is 0 Å². The zero-order chi connectivity index (χ0) is 27.4. The molecule has 0 bridgehead atoms. The van der Waals surface area contributed by atoms with Crippen LogP contribution in [0, 0.1) is 13.8 Å². The maximum atomic E-state index is 13.6. The van der Waals surface area contributed by atoms with E-state index in [1.165, 1.54) is 0 Å². The van der Waals surface area contributed by atoms with Gasteiger partial charge in [-0.3, -0.25) is 14.0 Å². The van der Waals surface area contributed by atoms with Crippen LogP contribution in [-0.4, -0.2) is 26.4 Å². The van der Waals surface area contributed by atoms with Gasteiger partial charge in [0.1, 0.15) is 11.5 Å². The zero-order valence-corrected chi connectivity index (χ0v) is 21.9. The molecule has 2 heterocycles. The number of aliphatic carboxylic acids is 1. The number of hydrogen-bond donors (Lipinski definition) is 3. The normalized spacial score (nSPS) is 11.7. The highest BCUT2D eigenvalue weighted by atomic mass is 16.4. The van der Waals surface area contributed by atoms with Crippen LogP contribution in [0.15, 0.2) is 97.2 Å². The van der Waals surface area contributed by atoms with Gasteiger partial charge in [0.15, 0.2) is 5.65 Å². The molecule has 7 heteroatoms. The predicted octanol–water partition coefficient (Wildman–Crippen LogP) is 6.18. The lowest BCUT2D eigenvalue weighted by molar-refractivity contribution is -0.137. The summed E-state index contributed by atoms with van der Waals surface area (Å²) < 4.78 is 1.88. The zero-order valence-electron chi connectivity index (χ0n) is 21.9. The van der Waals surface area contributed by atoms with Crippen LogP contribution in [-0.2, 0) is 11.3 Å². The molecule has 0 saturated heterocycles. The minimum atomic E-state index is -0.991. The molecular weight excluding hydrogens is 488 g/mol. The number of hydrogen-bond acceptors (Lipinski definition) is 4. The van der Waals surface area contributed by atoms with Crippen LogP contribution in [0.1, 0.15) is 45.1 Å². The molecule has 0 aliphatic rings. The van der Waals surface area contributed by atoms with Crippen molar-refractivity contribution in [2.45, 2.75) is 32.9 Å². The molecule has 3 N–H and O–H groups in total. The molecule has 0 fully saturated rings. The van der Waals surface area contributed by atoms with E-state index in [-0.39, 0.29) is 12.3 Å². The SMILES string of the molecule is Cc1cccc(-c2nc3c(C(=O)NC(CC(=O)O)c4cccc(C)c4)cccn3c2NCc2ccccc2)c1. The molecule has 0 aliphatic heterocycles. The summed E-state index contributed by atoms with van der Waals surface area (Å²) in [5, 5.41) is 16.0. The van der Waals surface area contributed by atoms with Gasteiger partial charge < -0.3 is 15.7 Å². The second kappa shape index (κ2) is 11.2. The average Bonchev–Trinajstić information content (AvgIpc) is 3.30. The van der Waals surface area contributed by atoms with Crippen LogP contribution in [0.2, 0.25) is 0 Å². The summed E-state index contributed by atoms with van der Waals surface area (Å²) in [4.78, 5) is 30.2. The first-order valence-electron chi connectivity index (χ1n) is 12.8. The minimum Gasteiger partial charge on any atom is -0.481 e. The third kappa shape index (κ3) is 5.83. The first-order chi connectivity index (χ1) is 18.9. The van der Waals surface area contributed by atoms with E-state index in [0.717, 1.165) is 39.3 Å². The second-order valence-electron chi connectivity index (χ2n) is 9.67. The number of nitrogens with one attached hydrogen (secondary N) is 2. The number of pyridine rings is 1. The van der Waals surface area contributed by atoms with Crippen LogP contribution in [0.5, 0.6) is 0 Å². The number of anilines is 1. The first-order valence-corrected chi connectivity index (χ1v) is 12.8.